The minimum atomic E-state index is 0.722. The van der Waals surface area contributed by atoms with Crippen molar-refractivity contribution in [3.05, 3.63) is 22.4 Å². The Hall–Kier alpha value is -0.680. The predicted molar refractivity (Wildman–Crippen MR) is 92.0 cm³/mol. The summed E-state index contributed by atoms with van der Waals surface area (Å²) >= 11 is 3.93. The first-order valence-corrected chi connectivity index (χ1v) is 9.23. The molecule has 1 atom stereocenters. The predicted octanol–water partition coefficient (Wildman–Crippen LogP) is 2.94. The van der Waals surface area contributed by atoms with E-state index in [1.54, 1.807) is 0 Å². The number of hydrogen-bond donors (Lipinski definition) is 1. The lowest BCUT2D eigenvalue weighted by Gasteiger charge is -2.36. The van der Waals surface area contributed by atoms with Crippen LogP contribution >= 0.6 is 23.1 Å². The minimum absolute atomic E-state index is 0.722. The molecule has 0 saturated carbocycles. The highest BCUT2D eigenvalue weighted by Gasteiger charge is 2.24. The second kappa shape index (κ2) is 7.93. The average molecular weight is 312 g/mol. The van der Waals surface area contributed by atoms with Gasteiger partial charge in [0.1, 0.15) is 0 Å². The van der Waals surface area contributed by atoms with Gasteiger partial charge >= 0.3 is 0 Å². The van der Waals surface area contributed by atoms with Crippen LogP contribution in [0, 0.1) is 5.92 Å². The SMILES string of the molecule is CN=C(NCCc1cccs1)N1CCSC(C(C)C)C1. The molecule has 1 aromatic rings. The van der Waals surface area contributed by atoms with Gasteiger partial charge in [0.25, 0.3) is 0 Å². The lowest BCUT2D eigenvalue weighted by atomic mass is 10.1. The maximum atomic E-state index is 4.45. The Labute approximate surface area is 130 Å². The van der Waals surface area contributed by atoms with Gasteiger partial charge in [-0.3, -0.25) is 4.99 Å². The van der Waals surface area contributed by atoms with E-state index in [4.69, 9.17) is 0 Å². The third-order valence-electron chi connectivity index (χ3n) is 3.58. The molecule has 2 rings (SSSR count). The maximum absolute atomic E-state index is 4.45. The van der Waals surface area contributed by atoms with Crippen molar-refractivity contribution < 1.29 is 0 Å². The summed E-state index contributed by atoms with van der Waals surface area (Å²) in [5.74, 6) is 2.99. The van der Waals surface area contributed by atoms with Crippen molar-refractivity contribution in [3.63, 3.8) is 0 Å². The highest BCUT2D eigenvalue weighted by atomic mass is 32.2. The Balaban J connectivity index is 1.82. The quantitative estimate of drug-likeness (QED) is 0.684. The van der Waals surface area contributed by atoms with E-state index in [1.165, 1.54) is 10.6 Å². The monoisotopic (exact) mass is 311 g/mol. The molecular formula is C15H25N3S2. The first-order valence-electron chi connectivity index (χ1n) is 7.30. The first kappa shape index (κ1) is 15.7. The van der Waals surface area contributed by atoms with Crippen LogP contribution in [0.1, 0.15) is 18.7 Å². The van der Waals surface area contributed by atoms with Crippen LogP contribution in [-0.2, 0) is 6.42 Å². The lowest BCUT2D eigenvalue weighted by molar-refractivity contribution is 0.381. The van der Waals surface area contributed by atoms with E-state index in [-0.39, 0.29) is 0 Å². The summed E-state index contributed by atoms with van der Waals surface area (Å²) in [7, 11) is 1.89. The van der Waals surface area contributed by atoms with Crippen molar-refractivity contribution in [3.8, 4) is 0 Å². The summed E-state index contributed by atoms with van der Waals surface area (Å²) < 4.78 is 0. The number of hydrogen-bond acceptors (Lipinski definition) is 3. The van der Waals surface area contributed by atoms with Gasteiger partial charge in [-0.1, -0.05) is 19.9 Å². The molecule has 1 aliphatic rings. The van der Waals surface area contributed by atoms with Gasteiger partial charge in [0.05, 0.1) is 0 Å². The fraction of sp³-hybridized carbons (Fsp3) is 0.667. The zero-order valence-electron chi connectivity index (χ0n) is 12.6. The molecule has 0 amide bonds. The highest BCUT2D eigenvalue weighted by Crippen LogP contribution is 2.24. The van der Waals surface area contributed by atoms with Crippen LogP contribution in [0.5, 0.6) is 0 Å². The number of guanidine groups is 1. The Morgan fingerprint density at radius 2 is 2.40 bits per heavy atom. The molecule has 20 heavy (non-hydrogen) atoms. The van der Waals surface area contributed by atoms with E-state index in [0.29, 0.717) is 0 Å². The Bertz CT molecular complexity index is 415. The molecule has 1 aromatic heterocycles. The number of nitrogens with zero attached hydrogens (tertiary/aromatic N) is 2. The highest BCUT2D eigenvalue weighted by molar-refractivity contribution is 8.00. The van der Waals surface area contributed by atoms with Crippen LogP contribution in [0.3, 0.4) is 0 Å². The molecule has 0 bridgehead atoms. The van der Waals surface area contributed by atoms with Gasteiger partial charge in [-0.2, -0.15) is 11.8 Å². The molecule has 1 N–H and O–H groups in total. The third kappa shape index (κ3) is 4.42. The van der Waals surface area contributed by atoms with Crippen LogP contribution < -0.4 is 5.32 Å². The zero-order chi connectivity index (χ0) is 14.4. The second-order valence-electron chi connectivity index (χ2n) is 5.40. The Kier molecular flexibility index (Phi) is 6.23. The Morgan fingerprint density at radius 3 is 3.05 bits per heavy atom. The second-order valence-corrected chi connectivity index (χ2v) is 7.78. The van der Waals surface area contributed by atoms with E-state index in [9.17, 15) is 0 Å². The summed E-state index contributed by atoms with van der Waals surface area (Å²) in [4.78, 5) is 8.29. The number of rotatable bonds is 4. The van der Waals surface area contributed by atoms with Crippen LogP contribution in [0.2, 0.25) is 0 Å². The molecule has 1 aliphatic heterocycles. The molecule has 3 nitrogen and oxygen atoms in total. The largest absolute Gasteiger partial charge is 0.356 e. The summed E-state index contributed by atoms with van der Waals surface area (Å²) in [5, 5.41) is 6.37. The minimum Gasteiger partial charge on any atom is -0.356 e. The van der Waals surface area contributed by atoms with Crippen molar-refractivity contribution in [2.45, 2.75) is 25.5 Å². The molecule has 1 fully saturated rings. The van der Waals surface area contributed by atoms with Crippen LogP contribution in [0.4, 0.5) is 0 Å². The number of thioether (sulfide) groups is 1. The van der Waals surface area contributed by atoms with Crippen LogP contribution in [-0.4, -0.2) is 48.5 Å². The van der Waals surface area contributed by atoms with Crippen LogP contribution in [0.25, 0.3) is 0 Å². The zero-order valence-corrected chi connectivity index (χ0v) is 14.3. The normalized spacial score (nSPS) is 20.5. The average Bonchev–Trinajstić information content (AvgIpc) is 2.97. The Morgan fingerprint density at radius 1 is 1.55 bits per heavy atom. The van der Waals surface area contributed by atoms with Crippen molar-refractivity contribution in [1.29, 1.82) is 0 Å². The molecule has 0 aliphatic carbocycles. The number of thiophene rings is 1. The fourth-order valence-electron chi connectivity index (χ4n) is 2.36. The number of nitrogens with one attached hydrogen (secondary N) is 1. The van der Waals surface area contributed by atoms with Gasteiger partial charge < -0.3 is 10.2 Å². The van der Waals surface area contributed by atoms with Crippen molar-refractivity contribution >= 4 is 29.1 Å². The van der Waals surface area contributed by atoms with Gasteiger partial charge in [0, 0.05) is 42.6 Å². The van der Waals surface area contributed by atoms with E-state index in [1.807, 2.05) is 18.4 Å². The number of aliphatic imine (C=N–C) groups is 1. The third-order valence-corrected chi connectivity index (χ3v) is 6.06. The standard InChI is InChI=1S/C15H25N3S2/c1-12(2)14-11-18(8-10-20-14)15(16-3)17-7-6-13-5-4-9-19-13/h4-5,9,12,14H,6-8,10-11H2,1-3H3,(H,16,17). The summed E-state index contributed by atoms with van der Waals surface area (Å²) in [6.07, 6.45) is 1.08. The smallest absolute Gasteiger partial charge is 0.193 e. The molecule has 2 heterocycles. The van der Waals surface area contributed by atoms with Crippen LogP contribution in [0.15, 0.2) is 22.5 Å². The molecule has 0 spiro atoms. The van der Waals surface area contributed by atoms with E-state index in [0.717, 1.165) is 43.2 Å². The van der Waals surface area contributed by atoms with Crippen molar-refractivity contribution in [1.82, 2.24) is 10.2 Å². The molecule has 0 aromatic carbocycles. The molecule has 1 saturated heterocycles. The van der Waals surface area contributed by atoms with Gasteiger partial charge in [-0.25, -0.2) is 0 Å². The van der Waals surface area contributed by atoms with Gasteiger partial charge in [0.2, 0.25) is 0 Å². The van der Waals surface area contributed by atoms with Gasteiger partial charge in [-0.05, 0) is 23.8 Å². The fourth-order valence-corrected chi connectivity index (χ4v) is 4.36. The van der Waals surface area contributed by atoms with Gasteiger partial charge in [-0.15, -0.1) is 11.3 Å². The summed E-state index contributed by atoms with van der Waals surface area (Å²) in [6.45, 7) is 7.80. The van der Waals surface area contributed by atoms with Crippen molar-refractivity contribution in [2.75, 3.05) is 32.4 Å². The van der Waals surface area contributed by atoms with Crippen molar-refractivity contribution in [2.24, 2.45) is 10.9 Å². The van der Waals surface area contributed by atoms with E-state index < -0.39 is 0 Å². The molecule has 5 heteroatoms. The maximum Gasteiger partial charge on any atom is 0.193 e. The molecule has 112 valence electrons. The van der Waals surface area contributed by atoms with E-state index >= 15 is 0 Å². The van der Waals surface area contributed by atoms with E-state index in [2.05, 4.69) is 58.3 Å². The van der Waals surface area contributed by atoms with Gasteiger partial charge in [0.15, 0.2) is 5.96 Å². The summed E-state index contributed by atoms with van der Waals surface area (Å²) in [6, 6.07) is 4.31. The molecular weight excluding hydrogens is 286 g/mol. The molecule has 1 unspecified atom stereocenters. The lowest BCUT2D eigenvalue weighted by Crippen LogP contribution is -2.49. The molecule has 0 radical (unpaired) electrons. The topological polar surface area (TPSA) is 27.6 Å². The first-order chi connectivity index (χ1) is 9.70. The summed E-state index contributed by atoms with van der Waals surface area (Å²) in [5.41, 5.74) is 0.